The van der Waals surface area contributed by atoms with Gasteiger partial charge in [0.15, 0.2) is 0 Å². The van der Waals surface area contributed by atoms with Crippen LogP contribution in [0.5, 0.6) is 0 Å². The van der Waals surface area contributed by atoms with Gasteiger partial charge in [0.1, 0.15) is 0 Å². The minimum Gasteiger partial charge on any atom is -0.481 e. The number of halogens is 2. The van der Waals surface area contributed by atoms with Gasteiger partial charge in [-0.25, -0.2) is 0 Å². The number of carboxylic acids is 1. The second-order valence-corrected chi connectivity index (χ2v) is 5.12. The molecule has 0 aliphatic carbocycles. The molecule has 0 heterocycles. The molecule has 104 valence electrons. The summed E-state index contributed by atoms with van der Waals surface area (Å²) in [7, 11) is 0. The number of carboxylic acid groups (broad SMARTS) is 1. The molecule has 2 N–H and O–H groups in total. The number of rotatable bonds is 6. The van der Waals surface area contributed by atoms with Crippen molar-refractivity contribution in [2.45, 2.75) is 19.8 Å². The van der Waals surface area contributed by atoms with E-state index in [1.807, 2.05) is 0 Å². The van der Waals surface area contributed by atoms with E-state index < -0.39 is 5.97 Å². The van der Waals surface area contributed by atoms with Gasteiger partial charge < -0.3 is 10.4 Å². The number of aliphatic carboxylic acids is 1. The van der Waals surface area contributed by atoms with Crippen LogP contribution in [0.4, 0.5) is 0 Å². The van der Waals surface area contributed by atoms with E-state index in [-0.39, 0.29) is 24.8 Å². The fraction of sp³-hybridized carbons (Fsp3) is 0.385. The molecule has 0 aliphatic rings. The first kappa shape index (κ1) is 15.8. The van der Waals surface area contributed by atoms with Crippen molar-refractivity contribution in [3.05, 3.63) is 33.8 Å². The standard InChI is InChI=1S/C13H15Cl2NO3/c1-8(13(19)16-5-4-12(17)18)6-9-2-3-10(14)7-11(9)15/h2-3,7-8H,4-6H2,1H3,(H,16,19)(H,17,18). The van der Waals surface area contributed by atoms with Gasteiger partial charge in [0.05, 0.1) is 6.42 Å². The molecule has 1 amide bonds. The number of nitrogens with one attached hydrogen (secondary N) is 1. The molecule has 1 aromatic carbocycles. The van der Waals surface area contributed by atoms with Crippen LogP contribution in [0, 0.1) is 5.92 Å². The lowest BCUT2D eigenvalue weighted by atomic mass is 10.0. The minimum atomic E-state index is -0.936. The average Bonchev–Trinajstić information content (AvgIpc) is 2.32. The van der Waals surface area contributed by atoms with Crippen LogP contribution in [-0.4, -0.2) is 23.5 Å². The molecule has 0 radical (unpaired) electrons. The maximum absolute atomic E-state index is 11.7. The number of carbonyl (C=O) groups is 2. The molecule has 6 heteroatoms. The number of amides is 1. The summed E-state index contributed by atoms with van der Waals surface area (Å²) in [6.45, 7) is 1.90. The summed E-state index contributed by atoms with van der Waals surface area (Å²) in [5.41, 5.74) is 0.840. The Morgan fingerprint density at radius 3 is 2.63 bits per heavy atom. The molecule has 19 heavy (non-hydrogen) atoms. The predicted molar refractivity (Wildman–Crippen MR) is 74.6 cm³/mol. The maximum atomic E-state index is 11.7. The first-order valence-electron chi connectivity index (χ1n) is 5.83. The van der Waals surface area contributed by atoms with E-state index in [0.29, 0.717) is 16.5 Å². The number of hydrogen-bond donors (Lipinski definition) is 2. The molecule has 4 nitrogen and oxygen atoms in total. The van der Waals surface area contributed by atoms with Crippen molar-refractivity contribution in [3.63, 3.8) is 0 Å². The quantitative estimate of drug-likeness (QED) is 0.849. The average molecular weight is 304 g/mol. The highest BCUT2D eigenvalue weighted by Gasteiger charge is 2.15. The number of benzene rings is 1. The van der Waals surface area contributed by atoms with Gasteiger partial charge in [-0.2, -0.15) is 0 Å². The van der Waals surface area contributed by atoms with Crippen LogP contribution in [0.2, 0.25) is 10.0 Å². The van der Waals surface area contributed by atoms with Crippen LogP contribution in [0.3, 0.4) is 0 Å². The van der Waals surface area contributed by atoms with Crippen molar-refractivity contribution in [3.8, 4) is 0 Å². The molecule has 1 aromatic rings. The Morgan fingerprint density at radius 1 is 1.37 bits per heavy atom. The molecule has 1 rings (SSSR count). The van der Waals surface area contributed by atoms with Gasteiger partial charge in [-0.1, -0.05) is 36.2 Å². The second kappa shape index (κ2) is 7.36. The van der Waals surface area contributed by atoms with Crippen LogP contribution in [0.1, 0.15) is 18.9 Å². The Labute approximate surface area is 121 Å². The summed E-state index contributed by atoms with van der Waals surface area (Å²) >= 11 is 11.8. The largest absolute Gasteiger partial charge is 0.481 e. The molecule has 1 unspecified atom stereocenters. The lowest BCUT2D eigenvalue weighted by molar-refractivity contribution is -0.137. The van der Waals surface area contributed by atoms with Crippen molar-refractivity contribution >= 4 is 35.1 Å². The summed E-state index contributed by atoms with van der Waals surface area (Å²) in [6, 6.07) is 5.14. The third-order valence-electron chi connectivity index (χ3n) is 2.63. The molecule has 0 spiro atoms. The highest BCUT2D eigenvalue weighted by molar-refractivity contribution is 6.35. The van der Waals surface area contributed by atoms with E-state index in [1.54, 1.807) is 25.1 Å². The summed E-state index contributed by atoms with van der Waals surface area (Å²) in [4.78, 5) is 22.1. The lowest BCUT2D eigenvalue weighted by Gasteiger charge is -2.12. The van der Waals surface area contributed by atoms with Crippen LogP contribution in [0.15, 0.2) is 18.2 Å². The Bertz CT molecular complexity index is 477. The van der Waals surface area contributed by atoms with Crippen molar-refractivity contribution in [1.29, 1.82) is 0 Å². The summed E-state index contributed by atoms with van der Waals surface area (Å²) < 4.78 is 0. The van der Waals surface area contributed by atoms with Crippen molar-refractivity contribution in [1.82, 2.24) is 5.32 Å². The van der Waals surface area contributed by atoms with E-state index in [1.165, 1.54) is 0 Å². The fourth-order valence-electron chi connectivity index (χ4n) is 1.58. The highest BCUT2D eigenvalue weighted by Crippen LogP contribution is 2.23. The highest BCUT2D eigenvalue weighted by atomic mass is 35.5. The van der Waals surface area contributed by atoms with Gasteiger partial charge in [-0.05, 0) is 24.1 Å². The molecular weight excluding hydrogens is 289 g/mol. The van der Waals surface area contributed by atoms with Crippen molar-refractivity contribution < 1.29 is 14.7 Å². The monoisotopic (exact) mass is 303 g/mol. The molecule has 0 aliphatic heterocycles. The van der Waals surface area contributed by atoms with Crippen LogP contribution in [0.25, 0.3) is 0 Å². The van der Waals surface area contributed by atoms with E-state index in [2.05, 4.69) is 5.32 Å². The normalized spacial score (nSPS) is 11.9. The van der Waals surface area contributed by atoms with Crippen LogP contribution >= 0.6 is 23.2 Å². The minimum absolute atomic E-state index is 0.0832. The number of hydrogen-bond acceptors (Lipinski definition) is 2. The van der Waals surface area contributed by atoms with E-state index >= 15 is 0 Å². The second-order valence-electron chi connectivity index (χ2n) is 4.28. The smallest absolute Gasteiger partial charge is 0.305 e. The molecule has 0 bridgehead atoms. The molecule has 0 saturated carbocycles. The lowest BCUT2D eigenvalue weighted by Crippen LogP contribution is -2.32. The SMILES string of the molecule is CC(Cc1ccc(Cl)cc1Cl)C(=O)NCCC(=O)O. The van der Waals surface area contributed by atoms with Gasteiger partial charge in [0, 0.05) is 22.5 Å². The van der Waals surface area contributed by atoms with E-state index in [4.69, 9.17) is 28.3 Å². The van der Waals surface area contributed by atoms with Gasteiger partial charge in [-0.3, -0.25) is 9.59 Å². The van der Waals surface area contributed by atoms with E-state index in [9.17, 15) is 9.59 Å². The summed E-state index contributed by atoms with van der Waals surface area (Å²) in [5.74, 6) is -1.41. The Kier molecular flexibility index (Phi) is 6.12. The molecule has 0 aromatic heterocycles. The Balaban J connectivity index is 2.51. The first-order valence-corrected chi connectivity index (χ1v) is 6.59. The van der Waals surface area contributed by atoms with Crippen molar-refractivity contribution in [2.24, 2.45) is 5.92 Å². The zero-order valence-corrected chi connectivity index (χ0v) is 12.0. The Morgan fingerprint density at radius 2 is 2.05 bits per heavy atom. The molecular formula is C13H15Cl2NO3. The molecule has 1 atom stereocenters. The topological polar surface area (TPSA) is 66.4 Å². The zero-order valence-electron chi connectivity index (χ0n) is 10.5. The van der Waals surface area contributed by atoms with Gasteiger partial charge in [0.25, 0.3) is 0 Å². The predicted octanol–water partition coefficient (Wildman–Crippen LogP) is 2.76. The van der Waals surface area contributed by atoms with Gasteiger partial charge in [-0.15, -0.1) is 0 Å². The summed E-state index contributed by atoms with van der Waals surface area (Å²) in [5, 5.41) is 12.1. The zero-order chi connectivity index (χ0) is 14.4. The maximum Gasteiger partial charge on any atom is 0.305 e. The fourth-order valence-corrected chi connectivity index (χ4v) is 2.06. The molecule has 0 saturated heterocycles. The first-order chi connectivity index (χ1) is 8.90. The van der Waals surface area contributed by atoms with Crippen LogP contribution in [-0.2, 0) is 16.0 Å². The Hall–Kier alpha value is -1.26. The molecule has 0 fully saturated rings. The third kappa shape index (κ3) is 5.49. The summed E-state index contributed by atoms with van der Waals surface area (Å²) in [6.07, 6.45) is 0.398. The number of carbonyl (C=O) groups excluding carboxylic acids is 1. The van der Waals surface area contributed by atoms with Gasteiger partial charge in [0.2, 0.25) is 5.91 Å². The van der Waals surface area contributed by atoms with Crippen molar-refractivity contribution in [2.75, 3.05) is 6.54 Å². The van der Waals surface area contributed by atoms with E-state index in [0.717, 1.165) is 5.56 Å². The van der Waals surface area contributed by atoms with Crippen LogP contribution < -0.4 is 5.32 Å². The third-order valence-corrected chi connectivity index (χ3v) is 3.21. The van der Waals surface area contributed by atoms with Gasteiger partial charge >= 0.3 is 5.97 Å².